The van der Waals surface area contributed by atoms with Crippen molar-refractivity contribution in [3.63, 3.8) is 0 Å². The molecule has 0 bridgehead atoms. The third kappa shape index (κ3) is 2.30. The number of hydrogen-bond donors (Lipinski definition) is 1. The van der Waals surface area contributed by atoms with Crippen molar-refractivity contribution in [3.05, 3.63) is 48.7 Å². The Morgan fingerprint density at radius 1 is 1.26 bits per heavy atom. The van der Waals surface area contributed by atoms with Crippen molar-refractivity contribution in [1.29, 1.82) is 0 Å². The summed E-state index contributed by atoms with van der Waals surface area (Å²) < 4.78 is 3.46. The number of anilines is 1. The molecule has 0 aliphatic rings. The molecule has 1 N–H and O–H groups in total. The summed E-state index contributed by atoms with van der Waals surface area (Å²) in [6.45, 7) is 0.628. The Bertz CT molecular complexity index is 656. The van der Waals surface area contributed by atoms with Gasteiger partial charge in [0.1, 0.15) is 0 Å². The average molecular weight is 255 g/mol. The van der Waals surface area contributed by atoms with Crippen LogP contribution in [0.4, 0.5) is 5.69 Å². The summed E-state index contributed by atoms with van der Waals surface area (Å²) in [5.74, 6) is 0.766. The van der Waals surface area contributed by atoms with Crippen LogP contribution in [0.1, 0.15) is 5.69 Å². The van der Waals surface area contributed by atoms with Gasteiger partial charge in [-0.15, -0.1) is 5.10 Å². The Morgan fingerprint density at radius 2 is 2.21 bits per heavy atom. The van der Waals surface area contributed by atoms with Gasteiger partial charge in [-0.1, -0.05) is 5.21 Å². The van der Waals surface area contributed by atoms with Crippen LogP contribution in [0.25, 0.3) is 5.82 Å². The van der Waals surface area contributed by atoms with E-state index in [4.69, 9.17) is 0 Å². The van der Waals surface area contributed by atoms with Gasteiger partial charge in [0, 0.05) is 25.6 Å². The lowest BCUT2D eigenvalue weighted by molar-refractivity contribution is 0.683. The van der Waals surface area contributed by atoms with E-state index in [0.717, 1.165) is 17.2 Å². The summed E-state index contributed by atoms with van der Waals surface area (Å²) >= 11 is 0. The van der Waals surface area contributed by atoms with Crippen LogP contribution in [0.2, 0.25) is 0 Å². The molecule has 3 aromatic heterocycles. The van der Waals surface area contributed by atoms with Crippen LogP contribution in [0.15, 0.2) is 43.0 Å². The lowest BCUT2D eigenvalue weighted by Gasteiger charge is -2.10. The fourth-order valence-corrected chi connectivity index (χ4v) is 1.77. The standard InChI is InChI=1S/C12H13N7/c1-18-10(9-15-17-18)8-14-11-4-2-5-13-12(11)19-7-3-6-16-19/h2-7,9,14H,8H2,1H3. The number of rotatable bonds is 4. The second-order valence-electron chi connectivity index (χ2n) is 4.03. The molecule has 0 amide bonds. The predicted molar refractivity (Wildman–Crippen MR) is 69.7 cm³/mol. The molecule has 0 radical (unpaired) electrons. The van der Waals surface area contributed by atoms with Crippen molar-refractivity contribution in [1.82, 2.24) is 29.8 Å². The van der Waals surface area contributed by atoms with Gasteiger partial charge in [-0.3, -0.25) is 4.68 Å². The third-order valence-electron chi connectivity index (χ3n) is 2.78. The summed E-state index contributed by atoms with van der Waals surface area (Å²) in [6, 6.07) is 5.72. The molecule has 3 rings (SSSR count). The highest BCUT2D eigenvalue weighted by Gasteiger charge is 2.06. The van der Waals surface area contributed by atoms with E-state index in [1.54, 1.807) is 28.0 Å². The zero-order valence-electron chi connectivity index (χ0n) is 10.4. The Balaban J connectivity index is 1.84. The molecular formula is C12H13N7. The monoisotopic (exact) mass is 255 g/mol. The molecule has 0 spiro atoms. The number of aromatic nitrogens is 6. The first-order chi connectivity index (χ1) is 9.34. The van der Waals surface area contributed by atoms with Gasteiger partial charge in [-0.2, -0.15) is 5.10 Å². The van der Waals surface area contributed by atoms with Gasteiger partial charge < -0.3 is 5.32 Å². The van der Waals surface area contributed by atoms with Gasteiger partial charge in [-0.25, -0.2) is 9.67 Å². The van der Waals surface area contributed by atoms with E-state index in [1.165, 1.54) is 0 Å². The van der Waals surface area contributed by atoms with Crippen LogP contribution in [-0.2, 0) is 13.6 Å². The minimum Gasteiger partial charge on any atom is -0.376 e. The molecule has 7 heteroatoms. The maximum absolute atomic E-state index is 4.34. The van der Waals surface area contributed by atoms with E-state index < -0.39 is 0 Å². The van der Waals surface area contributed by atoms with Crippen LogP contribution in [-0.4, -0.2) is 29.8 Å². The van der Waals surface area contributed by atoms with Gasteiger partial charge in [-0.05, 0) is 18.2 Å². The zero-order chi connectivity index (χ0) is 13.1. The topological polar surface area (TPSA) is 73.5 Å². The fourth-order valence-electron chi connectivity index (χ4n) is 1.77. The first-order valence-electron chi connectivity index (χ1n) is 5.87. The summed E-state index contributed by atoms with van der Waals surface area (Å²) in [7, 11) is 1.86. The fraction of sp³-hybridized carbons (Fsp3) is 0.167. The molecule has 0 atom stereocenters. The Labute approximate surface area is 109 Å². The molecule has 3 aromatic rings. The van der Waals surface area contributed by atoms with Crippen molar-refractivity contribution >= 4 is 5.69 Å². The molecule has 19 heavy (non-hydrogen) atoms. The van der Waals surface area contributed by atoms with Crippen LogP contribution in [0.3, 0.4) is 0 Å². The number of pyridine rings is 1. The van der Waals surface area contributed by atoms with Crippen molar-refractivity contribution in [2.24, 2.45) is 7.05 Å². The van der Waals surface area contributed by atoms with Crippen molar-refractivity contribution in [2.45, 2.75) is 6.54 Å². The number of nitrogens with one attached hydrogen (secondary N) is 1. The van der Waals surface area contributed by atoms with E-state index in [9.17, 15) is 0 Å². The van der Waals surface area contributed by atoms with Gasteiger partial charge in [0.2, 0.25) is 0 Å². The van der Waals surface area contributed by atoms with E-state index in [2.05, 4.69) is 25.7 Å². The van der Waals surface area contributed by atoms with Gasteiger partial charge in [0.15, 0.2) is 5.82 Å². The molecule has 0 aliphatic carbocycles. The van der Waals surface area contributed by atoms with Crippen LogP contribution < -0.4 is 5.32 Å². The highest BCUT2D eigenvalue weighted by atomic mass is 15.4. The van der Waals surface area contributed by atoms with E-state index >= 15 is 0 Å². The van der Waals surface area contributed by atoms with Crippen LogP contribution in [0.5, 0.6) is 0 Å². The van der Waals surface area contributed by atoms with E-state index in [-0.39, 0.29) is 0 Å². The smallest absolute Gasteiger partial charge is 0.176 e. The maximum Gasteiger partial charge on any atom is 0.176 e. The largest absolute Gasteiger partial charge is 0.376 e. The molecule has 0 fully saturated rings. The van der Waals surface area contributed by atoms with Crippen molar-refractivity contribution in [3.8, 4) is 5.82 Å². The normalized spacial score (nSPS) is 10.6. The molecule has 3 heterocycles. The minimum atomic E-state index is 0.628. The summed E-state index contributed by atoms with van der Waals surface area (Å²) in [4.78, 5) is 4.34. The van der Waals surface area contributed by atoms with Crippen molar-refractivity contribution in [2.75, 3.05) is 5.32 Å². The zero-order valence-corrected chi connectivity index (χ0v) is 10.4. The maximum atomic E-state index is 4.34. The molecule has 0 unspecified atom stereocenters. The SMILES string of the molecule is Cn1nncc1CNc1cccnc1-n1cccn1. The Kier molecular flexibility index (Phi) is 2.93. The lowest BCUT2D eigenvalue weighted by atomic mass is 10.3. The van der Waals surface area contributed by atoms with E-state index in [0.29, 0.717) is 6.54 Å². The van der Waals surface area contributed by atoms with Gasteiger partial charge in [0.05, 0.1) is 24.1 Å². The first kappa shape index (κ1) is 11.4. The average Bonchev–Trinajstić information content (AvgIpc) is 3.08. The van der Waals surface area contributed by atoms with Crippen molar-refractivity contribution < 1.29 is 0 Å². The second-order valence-corrected chi connectivity index (χ2v) is 4.03. The molecule has 7 nitrogen and oxygen atoms in total. The second kappa shape index (κ2) is 4.89. The lowest BCUT2D eigenvalue weighted by Crippen LogP contribution is -2.09. The van der Waals surface area contributed by atoms with Crippen LogP contribution in [0, 0.1) is 0 Å². The number of aryl methyl sites for hydroxylation is 1. The Morgan fingerprint density at radius 3 is 2.95 bits per heavy atom. The number of hydrogen-bond acceptors (Lipinski definition) is 5. The summed E-state index contributed by atoms with van der Waals surface area (Å²) in [5, 5.41) is 15.3. The summed E-state index contributed by atoms with van der Waals surface area (Å²) in [5.41, 5.74) is 1.91. The highest BCUT2D eigenvalue weighted by Crippen LogP contribution is 2.16. The quantitative estimate of drug-likeness (QED) is 0.753. The number of nitrogens with zero attached hydrogens (tertiary/aromatic N) is 6. The summed E-state index contributed by atoms with van der Waals surface area (Å²) in [6.07, 6.45) is 7.06. The van der Waals surface area contributed by atoms with Gasteiger partial charge >= 0.3 is 0 Å². The van der Waals surface area contributed by atoms with Gasteiger partial charge in [0.25, 0.3) is 0 Å². The molecular weight excluding hydrogens is 242 g/mol. The Hall–Kier alpha value is -2.70. The molecule has 0 aliphatic heterocycles. The third-order valence-corrected chi connectivity index (χ3v) is 2.78. The molecule has 0 aromatic carbocycles. The predicted octanol–water partition coefficient (Wildman–Crippen LogP) is 1.01. The van der Waals surface area contributed by atoms with E-state index in [1.807, 2.05) is 31.4 Å². The highest BCUT2D eigenvalue weighted by molar-refractivity contribution is 5.56. The molecule has 0 saturated heterocycles. The molecule has 96 valence electrons. The molecule has 0 saturated carbocycles. The van der Waals surface area contributed by atoms with Crippen LogP contribution >= 0.6 is 0 Å². The first-order valence-corrected chi connectivity index (χ1v) is 5.87. The minimum absolute atomic E-state index is 0.628.